The Hall–Kier alpha value is -3.10. The van der Waals surface area contributed by atoms with Gasteiger partial charge in [0.25, 0.3) is 5.91 Å². The van der Waals surface area contributed by atoms with E-state index in [4.69, 9.17) is 16.6 Å². The third kappa shape index (κ3) is 5.18. The van der Waals surface area contributed by atoms with Crippen molar-refractivity contribution in [2.45, 2.75) is 33.4 Å². The summed E-state index contributed by atoms with van der Waals surface area (Å²) in [5.74, 6) is 0.843. The largest absolute Gasteiger partial charge is 0.350 e. The number of fused-ring (bicyclic) bond motifs is 1. The Balaban J connectivity index is 1.37. The Kier molecular flexibility index (Phi) is 7.09. The first-order valence-electron chi connectivity index (χ1n) is 11.5. The van der Waals surface area contributed by atoms with Gasteiger partial charge in [-0.15, -0.1) is 0 Å². The van der Waals surface area contributed by atoms with Crippen LogP contribution in [0.4, 0.5) is 10.5 Å². The summed E-state index contributed by atoms with van der Waals surface area (Å²) in [6, 6.07) is 11.1. The number of hydrogen-bond acceptors (Lipinski definition) is 4. The molecule has 2 aromatic carbocycles. The third-order valence-corrected chi connectivity index (χ3v) is 6.60. The first-order chi connectivity index (χ1) is 16.2. The predicted molar refractivity (Wildman–Crippen MR) is 135 cm³/mol. The van der Waals surface area contributed by atoms with Crippen LogP contribution in [0, 0.1) is 6.92 Å². The van der Waals surface area contributed by atoms with Gasteiger partial charge in [-0.05, 0) is 56.7 Å². The highest BCUT2D eigenvalue weighted by molar-refractivity contribution is 6.31. The molecule has 1 saturated heterocycles. The zero-order valence-electron chi connectivity index (χ0n) is 20.1. The fourth-order valence-electron chi connectivity index (χ4n) is 4.12. The number of benzene rings is 2. The molecule has 3 aromatic rings. The molecule has 0 unspecified atom stereocenters. The molecule has 8 nitrogen and oxygen atoms in total. The number of hydrogen-bond donors (Lipinski definition) is 2. The number of carbonyl (C=O) groups excluding carboxylic acids is 2. The van der Waals surface area contributed by atoms with E-state index >= 15 is 0 Å². The van der Waals surface area contributed by atoms with Crippen molar-refractivity contribution in [1.82, 2.24) is 24.7 Å². The number of halogens is 1. The summed E-state index contributed by atoms with van der Waals surface area (Å²) in [5.41, 5.74) is 4.01. The number of anilines is 1. The molecule has 2 N–H and O–H groups in total. The van der Waals surface area contributed by atoms with E-state index in [-0.39, 0.29) is 18.0 Å². The van der Waals surface area contributed by atoms with Gasteiger partial charge in [-0.1, -0.05) is 17.7 Å². The Morgan fingerprint density at radius 2 is 1.85 bits per heavy atom. The average molecular weight is 483 g/mol. The van der Waals surface area contributed by atoms with Crippen LogP contribution < -0.4 is 10.6 Å². The minimum Gasteiger partial charge on any atom is -0.350 e. The van der Waals surface area contributed by atoms with E-state index in [1.54, 1.807) is 0 Å². The third-order valence-electron chi connectivity index (χ3n) is 6.19. The van der Waals surface area contributed by atoms with Crippen LogP contribution in [0.25, 0.3) is 11.0 Å². The zero-order chi connectivity index (χ0) is 24.4. The van der Waals surface area contributed by atoms with Gasteiger partial charge < -0.3 is 20.1 Å². The number of nitrogens with one attached hydrogen (secondary N) is 2. The molecule has 1 aromatic heterocycles. The molecule has 0 saturated carbocycles. The maximum Gasteiger partial charge on any atom is 0.321 e. The van der Waals surface area contributed by atoms with E-state index in [1.165, 1.54) is 0 Å². The van der Waals surface area contributed by atoms with Crippen LogP contribution in [0.3, 0.4) is 0 Å². The Morgan fingerprint density at radius 1 is 1.12 bits per heavy atom. The number of amides is 3. The molecule has 0 atom stereocenters. The topological polar surface area (TPSA) is 82.5 Å². The van der Waals surface area contributed by atoms with E-state index in [9.17, 15) is 9.59 Å². The number of imidazole rings is 1. The minimum absolute atomic E-state index is 0.0813. The normalized spacial score (nSPS) is 14.6. The van der Waals surface area contributed by atoms with Gasteiger partial charge in [0.2, 0.25) is 0 Å². The number of carbonyl (C=O) groups is 2. The molecule has 3 amide bonds. The Bertz CT molecular complexity index is 1210. The lowest BCUT2D eigenvalue weighted by Gasteiger charge is -2.34. The van der Waals surface area contributed by atoms with Crippen molar-refractivity contribution in [3.8, 4) is 0 Å². The molecule has 4 rings (SSSR count). The van der Waals surface area contributed by atoms with Crippen LogP contribution in [0.15, 0.2) is 36.4 Å². The maximum atomic E-state index is 12.7. The van der Waals surface area contributed by atoms with Gasteiger partial charge in [-0.3, -0.25) is 9.69 Å². The van der Waals surface area contributed by atoms with Crippen LogP contribution >= 0.6 is 11.6 Å². The molecular formula is C25H31ClN6O2. The molecule has 9 heteroatoms. The van der Waals surface area contributed by atoms with Gasteiger partial charge in [0.05, 0.1) is 17.6 Å². The molecule has 180 valence electrons. The zero-order valence-corrected chi connectivity index (χ0v) is 20.8. The summed E-state index contributed by atoms with van der Waals surface area (Å²) >= 11 is 6.17. The van der Waals surface area contributed by atoms with Crippen LogP contribution in [0.5, 0.6) is 0 Å². The molecule has 34 heavy (non-hydrogen) atoms. The van der Waals surface area contributed by atoms with E-state index in [1.807, 2.05) is 69.1 Å². The van der Waals surface area contributed by atoms with Crippen molar-refractivity contribution in [3.05, 3.63) is 58.4 Å². The Labute approximate surface area is 204 Å². The first-order valence-corrected chi connectivity index (χ1v) is 11.9. The standard InChI is InChI=1S/C25H31ClN6O2/c1-16(2)27-24(33)18-8-9-22-21(14-18)28-23(30(22)4)15-31-10-12-32(13-11-31)25(34)29-20-7-5-6-19(26)17(20)3/h5-9,14,16H,10-13,15H2,1-4H3,(H,27,33)(H,29,34). The molecule has 1 aliphatic rings. The number of urea groups is 1. The monoisotopic (exact) mass is 482 g/mol. The summed E-state index contributed by atoms with van der Waals surface area (Å²) in [6.07, 6.45) is 0. The maximum absolute atomic E-state index is 12.7. The van der Waals surface area contributed by atoms with Crippen molar-refractivity contribution >= 4 is 40.3 Å². The number of aryl methyl sites for hydroxylation is 1. The van der Waals surface area contributed by atoms with Crippen LogP contribution in [-0.4, -0.2) is 63.5 Å². The van der Waals surface area contributed by atoms with Gasteiger partial charge >= 0.3 is 6.03 Å². The summed E-state index contributed by atoms with van der Waals surface area (Å²) in [5, 5.41) is 6.53. The van der Waals surface area contributed by atoms with Crippen molar-refractivity contribution in [3.63, 3.8) is 0 Å². The van der Waals surface area contributed by atoms with Gasteiger partial charge in [0.15, 0.2) is 0 Å². The Morgan fingerprint density at radius 3 is 2.56 bits per heavy atom. The van der Waals surface area contributed by atoms with Crippen LogP contribution in [0.1, 0.15) is 35.6 Å². The molecule has 0 aliphatic carbocycles. The molecular weight excluding hydrogens is 452 g/mol. The minimum atomic E-state index is -0.111. The highest BCUT2D eigenvalue weighted by Crippen LogP contribution is 2.23. The van der Waals surface area contributed by atoms with Gasteiger partial charge in [-0.25, -0.2) is 9.78 Å². The number of piperazine rings is 1. The van der Waals surface area contributed by atoms with E-state index in [0.29, 0.717) is 30.2 Å². The van der Waals surface area contributed by atoms with Crippen molar-refractivity contribution in [2.75, 3.05) is 31.5 Å². The van der Waals surface area contributed by atoms with Crippen molar-refractivity contribution in [1.29, 1.82) is 0 Å². The molecule has 1 aliphatic heterocycles. The molecule has 0 radical (unpaired) electrons. The second-order valence-corrected chi connectivity index (χ2v) is 9.43. The van der Waals surface area contributed by atoms with Gasteiger partial charge in [0.1, 0.15) is 5.82 Å². The number of nitrogens with zero attached hydrogens (tertiary/aromatic N) is 4. The fourth-order valence-corrected chi connectivity index (χ4v) is 4.30. The van der Waals surface area contributed by atoms with E-state index in [0.717, 1.165) is 41.2 Å². The quantitative estimate of drug-likeness (QED) is 0.575. The molecule has 0 bridgehead atoms. The van der Waals surface area contributed by atoms with Gasteiger partial charge in [-0.2, -0.15) is 0 Å². The van der Waals surface area contributed by atoms with Crippen molar-refractivity contribution in [2.24, 2.45) is 7.05 Å². The summed E-state index contributed by atoms with van der Waals surface area (Å²) in [4.78, 5) is 34.0. The van der Waals surface area contributed by atoms with Crippen molar-refractivity contribution < 1.29 is 9.59 Å². The molecule has 1 fully saturated rings. The SMILES string of the molecule is Cc1c(Cl)cccc1NC(=O)N1CCN(Cc2nc3cc(C(=O)NC(C)C)ccc3n2C)CC1. The fraction of sp³-hybridized carbons (Fsp3) is 0.400. The highest BCUT2D eigenvalue weighted by atomic mass is 35.5. The number of aromatic nitrogens is 2. The smallest absolute Gasteiger partial charge is 0.321 e. The average Bonchev–Trinajstić information content (AvgIpc) is 3.11. The second kappa shape index (κ2) is 10.0. The van der Waals surface area contributed by atoms with Gasteiger partial charge in [0, 0.05) is 55.5 Å². The lowest BCUT2D eigenvalue weighted by atomic mass is 10.2. The van der Waals surface area contributed by atoms with E-state index < -0.39 is 0 Å². The van der Waals surface area contributed by atoms with Crippen LogP contribution in [-0.2, 0) is 13.6 Å². The lowest BCUT2D eigenvalue weighted by molar-refractivity contribution is 0.0943. The summed E-state index contributed by atoms with van der Waals surface area (Å²) in [7, 11) is 2.00. The first kappa shape index (κ1) is 24.0. The highest BCUT2D eigenvalue weighted by Gasteiger charge is 2.23. The summed E-state index contributed by atoms with van der Waals surface area (Å²) in [6.45, 7) is 9.24. The predicted octanol–water partition coefficient (Wildman–Crippen LogP) is 4.02. The lowest BCUT2D eigenvalue weighted by Crippen LogP contribution is -2.49. The molecule has 0 spiro atoms. The number of rotatable bonds is 5. The second-order valence-electron chi connectivity index (χ2n) is 9.02. The molecule has 2 heterocycles. The van der Waals surface area contributed by atoms with E-state index in [2.05, 4.69) is 20.1 Å². The summed E-state index contributed by atoms with van der Waals surface area (Å²) < 4.78 is 2.07. The van der Waals surface area contributed by atoms with Crippen LogP contribution in [0.2, 0.25) is 5.02 Å².